The summed E-state index contributed by atoms with van der Waals surface area (Å²) in [5.41, 5.74) is 3.08. The van der Waals surface area contributed by atoms with Gasteiger partial charge in [0.15, 0.2) is 0 Å². The molecule has 1 heterocycles. The standard InChI is InChI=1S/C17H18N2O2/c1-13-11-15(19-10-9-18-17(19)20)7-8-16(13)21-12-14-5-3-2-4-6-14/h2-8,11H,9-10,12H2,1H3,(H,18,20). The number of amides is 2. The smallest absolute Gasteiger partial charge is 0.321 e. The highest BCUT2D eigenvalue weighted by Gasteiger charge is 2.21. The van der Waals surface area contributed by atoms with Crippen molar-refractivity contribution in [2.24, 2.45) is 0 Å². The molecule has 0 aliphatic carbocycles. The molecule has 108 valence electrons. The lowest BCUT2D eigenvalue weighted by Gasteiger charge is -2.16. The zero-order valence-corrected chi connectivity index (χ0v) is 12.0. The van der Waals surface area contributed by atoms with E-state index in [4.69, 9.17) is 4.74 Å². The predicted molar refractivity (Wildman–Crippen MR) is 82.7 cm³/mol. The van der Waals surface area contributed by atoms with Gasteiger partial charge in [-0.25, -0.2) is 4.79 Å². The van der Waals surface area contributed by atoms with E-state index < -0.39 is 0 Å². The molecular formula is C17H18N2O2. The molecule has 0 unspecified atom stereocenters. The normalized spacial score (nSPS) is 14.1. The topological polar surface area (TPSA) is 41.6 Å². The first-order chi connectivity index (χ1) is 10.2. The lowest BCUT2D eigenvalue weighted by molar-refractivity contribution is 0.252. The van der Waals surface area contributed by atoms with Crippen LogP contribution < -0.4 is 15.0 Å². The van der Waals surface area contributed by atoms with E-state index in [0.29, 0.717) is 19.7 Å². The van der Waals surface area contributed by atoms with Crippen LogP contribution >= 0.6 is 0 Å². The number of nitrogens with zero attached hydrogens (tertiary/aromatic N) is 1. The van der Waals surface area contributed by atoms with Gasteiger partial charge in [-0.15, -0.1) is 0 Å². The number of carbonyl (C=O) groups excluding carboxylic acids is 1. The summed E-state index contributed by atoms with van der Waals surface area (Å²) in [4.78, 5) is 13.4. The van der Waals surface area contributed by atoms with Crippen molar-refractivity contribution in [3.63, 3.8) is 0 Å². The maximum Gasteiger partial charge on any atom is 0.321 e. The van der Waals surface area contributed by atoms with E-state index in [0.717, 1.165) is 22.6 Å². The third-order valence-electron chi connectivity index (χ3n) is 3.56. The third-order valence-corrected chi connectivity index (χ3v) is 3.56. The summed E-state index contributed by atoms with van der Waals surface area (Å²) in [6, 6.07) is 15.9. The van der Waals surface area contributed by atoms with Gasteiger partial charge in [-0.1, -0.05) is 30.3 Å². The minimum Gasteiger partial charge on any atom is -0.489 e. The molecule has 2 aromatic carbocycles. The molecule has 0 spiro atoms. The van der Waals surface area contributed by atoms with Crippen LogP contribution in [0.3, 0.4) is 0 Å². The largest absolute Gasteiger partial charge is 0.489 e. The maximum absolute atomic E-state index is 11.7. The van der Waals surface area contributed by atoms with E-state index in [9.17, 15) is 4.79 Å². The van der Waals surface area contributed by atoms with Crippen LogP contribution in [-0.4, -0.2) is 19.1 Å². The van der Waals surface area contributed by atoms with Gasteiger partial charge < -0.3 is 10.1 Å². The first-order valence-corrected chi connectivity index (χ1v) is 7.07. The fourth-order valence-electron chi connectivity index (χ4n) is 2.42. The minimum atomic E-state index is -0.0349. The molecule has 2 amide bonds. The molecule has 1 fully saturated rings. The molecule has 1 saturated heterocycles. The van der Waals surface area contributed by atoms with Crippen molar-refractivity contribution in [3.8, 4) is 5.75 Å². The van der Waals surface area contributed by atoms with Crippen molar-refractivity contribution in [1.82, 2.24) is 5.32 Å². The van der Waals surface area contributed by atoms with Crippen molar-refractivity contribution >= 4 is 11.7 Å². The number of aryl methyl sites for hydroxylation is 1. The van der Waals surface area contributed by atoms with E-state index >= 15 is 0 Å². The number of hydrogen-bond acceptors (Lipinski definition) is 2. The lowest BCUT2D eigenvalue weighted by Crippen LogP contribution is -2.27. The fraction of sp³-hybridized carbons (Fsp3) is 0.235. The quantitative estimate of drug-likeness (QED) is 0.936. The zero-order chi connectivity index (χ0) is 14.7. The van der Waals surface area contributed by atoms with Crippen LogP contribution in [0.4, 0.5) is 10.5 Å². The van der Waals surface area contributed by atoms with E-state index in [1.54, 1.807) is 4.90 Å². The molecule has 3 rings (SSSR count). The second-order valence-electron chi connectivity index (χ2n) is 5.11. The average Bonchev–Trinajstić information content (AvgIpc) is 2.93. The summed E-state index contributed by atoms with van der Waals surface area (Å²) < 4.78 is 5.85. The van der Waals surface area contributed by atoms with Crippen LogP contribution in [0.25, 0.3) is 0 Å². The van der Waals surface area contributed by atoms with Gasteiger partial charge >= 0.3 is 6.03 Å². The van der Waals surface area contributed by atoms with Gasteiger partial charge in [-0.05, 0) is 36.2 Å². The second-order valence-corrected chi connectivity index (χ2v) is 5.11. The van der Waals surface area contributed by atoms with Gasteiger partial charge in [0.2, 0.25) is 0 Å². The van der Waals surface area contributed by atoms with Gasteiger partial charge in [0.25, 0.3) is 0 Å². The van der Waals surface area contributed by atoms with Crippen molar-refractivity contribution in [3.05, 3.63) is 59.7 Å². The second kappa shape index (κ2) is 5.87. The highest BCUT2D eigenvalue weighted by molar-refractivity contribution is 5.94. The molecule has 0 radical (unpaired) electrons. The first-order valence-electron chi connectivity index (χ1n) is 7.07. The summed E-state index contributed by atoms with van der Waals surface area (Å²) in [6.07, 6.45) is 0. The number of carbonyl (C=O) groups is 1. The van der Waals surface area contributed by atoms with E-state index in [2.05, 4.69) is 5.32 Å². The molecule has 0 bridgehead atoms. The van der Waals surface area contributed by atoms with Crippen molar-refractivity contribution < 1.29 is 9.53 Å². The predicted octanol–water partition coefficient (Wildman–Crippen LogP) is 3.10. The molecule has 2 aromatic rings. The Morgan fingerprint density at radius 2 is 2.00 bits per heavy atom. The van der Waals surface area contributed by atoms with E-state index in [1.165, 1.54) is 0 Å². The summed E-state index contributed by atoms with van der Waals surface area (Å²) in [5, 5.41) is 2.80. The average molecular weight is 282 g/mol. The van der Waals surface area contributed by atoms with E-state index in [-0.39, 0.29) is 6.03 Å². The van der Waals surface area contributed by atoms with Gasteiger partial charge in [0.05, 0.1) is 0 Å². The Balaban J connectivity index is 1.71. The van der Waals surface area contributed by atoms with Gasteiger partial charge in [-0.3, -0.25) is 4.90 Å². The Morgan fingerprint density at radius 1 is 1.19 bits per heavy atom. The van der Waals surface area contributed by atoms with Gasteiger partial charge in [-0.2, -0.15) is 0 Å². The van der Waals surface area contributed by atoms with Gasteiger partial charge in [0.1, 0.15) is 12.4 Å². The highest BCUT2D eigenvalue weighted by Crippen LogP contribution is 2.26. The summed E-state index contributed by atoms with van der Waals surface area (Å²) in [7, 11) is 0. The molecule has 0 aromatic heterocycles. The number of anilines is 1. The Kier molecular flexibility index (Phi) is 3.77. The Hall–Kier alpha value is -2.49. The van der Waals surface area contributed by atoms with Crippen molar-refractivity contribution in [2.45, 2.75) is 13.5 Å². The number of benzene rings is 2. The van der Waals surface area contributed by atoms with Gasteiger partial charge in [0, 0.05) is 18.8 Å². The zero-order valence-electron chi connectivity index (χ0n) is 12.0. The minimum absolute atomic E-state index is 0.0349. The number of hydrogen-bond donors (Lipinski definition) is 1. The molecule has 1 N–H and O–H groups in total. The van der Waals surface area contributed by atoms with Crippen molar-refractivity contribution in [2.75, 3.05) is 18.0 Å². The lowest BCUT2D eigenvalue weighted by atomic mass is 10.2. The van der Waals surface area contributed by atoms with Crippen LogP contribution in [0.5, 0.6) is 5.75 Å². The molecule has 4 nitrogen and oxygen atoms in total. The molecule has 1 aliphatic rings. The van der Waals surface area contributed by atoms with E-state index in [1.807, 2.05) is 55.5 Å². The molecule has 21 heavy (non-hydrogen) atoms. The third kappa shape index (κ3) is 2.99. The Labute approximate surface area is 124 Å². The number of rotatable bonds is 4. The highest BCUT2D eigenvalue weighted by atomic mass is 16.5. The summed E-state index contributed by atoms with van der Waals surface area (Å²) >= 11 is 0. The number of ether oxygens (including phenoxy) is 1. The monoisotopic (exact) mass is 282 g/mol. The number of nitrogens with one attached hydrogen (secondary N) is 1. The molecule has 1 aliphatic heterocycles. The number of urea groups is 1. The molecular weight excluding hydrogens is 264 g/mol. The fourth-order valence-corrected chi connectivity index (χ4v) is 2.42. The molecule has 4 heteroatoms. The van der Waals surface area contributed by atoms with Crippen LogP contribution in [0, 0.1) is 6.92 Å². The first kappa shape index (κ1) is 13.5. The SMILES string of the molecule is Cc1cc(N2CCNC2=O)ccc1OCc1ccccc1. The van der Waals surface area contributed by atoms with Crippen LogP contribution in [-0.2, 0) is 6.61 Å². The maximum atomic E-state index is 11.7. The van der Waals surface area contributed by atoms with Crippen LogP contribution in [0.1, 0.15) is 11.1 Å². The summed E-state index contributed by atoms with van der Waals surface area (Å²) in [6.45, 7) is 3.95. The van der Waals surface area contributed by atoms with Crippen LogP contribution in [0.15, 0.2) is 48.5 Å². The van der Waals surface area contributed by atoms with Crippen LogP contribution in [0.2, 0.25) is 0 Å². The Morgan fingerprint density at radius 3 is 2.67 bits per heavy atom. The summed E-state index contributed by atoms with van der Waals surface area (Å²) in [5.74, 6) is 0.849. The van der Waals surface area contributed by atoms with Crippen molar-refractivity contribution in [1.29, 1.82) is 0 Å². The Bertz CT molecular complexity index is 640. The molecule has 0 saturated carbocycles. The molecule has 0 atom stereocenters.